The average Bonchev–Trinajstić information content (AvgIpc) is 3.35. The summed E-state index contributed by atoms with van der Waals surface area (Å²) in [4.78, 5) is 15.0. The number of aliphatic hydroxyl groups excluding tert-OH is 1. The molecule has 0 unspecified atom stereocenters. The molecule has 1 aliphatic carbocycles. The van der Waals surface area contributed by atoms with Crippen LogP contribution < -0.4 is 10.1 Å². The van der Waals surface area contributed by atoms with Crippen LogP contribution in [0.2, 0.25) is 0 Å². The molecule has 8 heteroatoms. The molecule has 0 radical (unpaired) electrons. The number of hydrogen-bond acceptors (Lipinski definition) is 5. The van der Waals surface area contributed by atoms with Crippen LogP contribution >= 0.6 is 0 Å². The predicted octanol–water partition coefficient (Wildman–Crippen LogP) is 2.85. The molecule has 4 rings (SSSR count). The van der Waals surface area contributed by atoms with Crippen LogP contribution in [0, 0.1) is 17.2 Å². The number of carbonyl (C=O) groups excluding carboxylic acids is 1. The number of carbonyl (C=O) groups is 1. The van der Waals surface area contributed by atoms with Crippen molar-refractivity contribution in [1.29, 1.82) is 0 Å². The Balaban J connectivity index is 1.48. The van der Waals surface area contributed by atoms with Crippen molar-refractivity contribution in [1.82, 2.24) is 20.0 Å². The van der Waals surface area contributed by atoms with Gasteiger partial charge in [-0.3, -0.25) is 14.4 Å². The fraction of sp³-hybridized carbons (Fsp3) is 0.600. The van der Waals surface area contributed by atoms with E-state index in [-0.39, 0.29) is 35.8 Å². The molecule has 2 aliphatic rings. The van der Waals surface area contributed by atoms with E-state index in [2.05, 4.69) is 36.1 Å². The maximum atomic E-state index is 13.7. The molecule has 2 heterocycles. The fourth-order valence-corrected chi connectivity index (χ4v) is 5.29. The van der Waals surface area contributed by atoms with E-state index >= 15 is 0 Å². The number of benzene rings is 1. The SMILES string of the molecule is CC(C)(C)C1CCN([C@@H]2[C@@H](O)[C@H](Oc3cccc(F)c3)C[C@H]2NC(=O)Cn2cccn2)CC1. The van der Waals surface area contributed by atoms with E-state index in [1.54, 1.807) is 35.3 Å². The summed E-state index contributed by atoms with van der Waals surface area (Å²) in [5, 5.41) is 18.5. The molecule has 2 aromatic rings. The Morgan fingerprint density at radius 3 is 2.67 bits per heavy atom. The molecule has 1 amide bonds. The second-order valence-corrected chi connectivity index (χ2v) is 10.4. The molecule has 0 bridgehead atoms. The van der Waals surface area contributed by atoms with Gasteiger partial charge in [0.2, 0.25) is 5.91 Å². The maximum Gasteiger partial charge on any atom is 0.242 e. The number of hydrogen-bond donors (Lipinski definition) is 2. The van der Waals surface area contributed by atoms with Crippen LogP contribution in [0.4, 0.5) is 4.39 Å². The number of likely N-dealkylation sites (tertiary alicyclic amines) is 1. The number of aromatic nitrogens is 2. The van der Waals surface area contributed by atoms with Gasteiger partial charge in [-0.25, -0.2) is 4.39 Å². The number of nitrogens with one attached hydrogen (secondary N) is 1. The third-order valence-corrected chi connectivity index (χ3v) is 7.10. The zero-order chi connectivity index (χ0) is 23.6. The van der Waals surface area contributed by atoms with Gasteiger partial charge in [-0.05, 0) is 55.5 Å². The highest BCUT2D eigenvalue weighted by molar-refractivity contribution is 5.76. The van der Waals surface area contributed by atoms with E-state index in [9.17, 15) is 14.3 Å². The van der Waals surface area contributed by atoms with Crippen LogP contribution in [0.15, 0.2) is 42.7 Å². The van der Waals surface area contributed by atoms with Crippen molar-refractivity contribution in [3.63, 3.8) is 0 Å². The lowest BCUT2D eigenvalue weighted by Crippen LogP contribution is -2.56. The molecule has 7 nitrogen and oxygen atoms in total. The third-order valence-electron chi connectivity index (χ3n) is 7.10. The van der Waals surface area contributed by atoms with Crippen molar-refractivity contribution in [2.45, 2.75) is 70.9 Å². The summed E-state index contributed by atoms with van der Waals surface area (Å²) in [7, 11) is 0. The topological polar surface area (TPSA) is 79.6 Å². The highest BCUT2D eigenvalue weighted by Crippen LogP contribution is 2.37. The zero-order valence-electron chi connectivity index (χ0n) is 19.7. The van der Waals surface area contributed by atoms with E-state index in [1.165, 1.54) is 12.1 Å². The van der Waals surface area contributed by atoms with Crippen LogP contribution in [0.5, 0.6) is 5.75 Å². The Kier molecular flexibility index (Phi) is 7.05. The van der Waals surface area contributed by atoms with Gasteiger partial charge in [0.25, 0.3) is 0 Å². The number of ether oxygens (including phenoxy) is 1. The molecule has 33 heavy (non-hydrogen) atoms. The zero-order valence-corrected chi connectivity index (χ0v) is 19.7. The van der Waals surface area contributed by atoms with Gasteiger partial charge < -0.3 is 15.2 Å². The van der Waals surface area contributed by atoms with E-state index < -0.39 is 12.2 Å². The van der Waals surface area contributed by atoms with E-state index in [1.807, 2.05) is 0 Å². The van der Waals surface area contributed by atoms with Crippen LogP contribution in [0.1, 0.15) is 40.0 Å². The maximum absolute atomic E-state index is 13.7. The number of nitrogens with zero attached hydrogens (tertiary/aromatic N) is 3. The second kappa shape index (κ2) is 9.81. The normalized spacial score (nSPS) is 26.9. The van der Waals surface area contributed by atoms with Crippen LogP contribution in [-0.4, -0.2) is 63.1 Å². The van der Waals surface area contributed by atoms with Gasteiger partial charge in [-0.1, -0.05) is 26.8 Å². The highest BCUT2D eigenvalue weighted by Gasteiger charge is 2.48. The van der Waals surface area contributed by atoms with Gasteiger partial charge in [0.1, 0.15) is 30.3 Å². The second-order valence-electron chi connectivity index (χ2n) is 10.4. The first-order valence-corrected chi connectivity index (χ1v) is 11.8. The van der Waals surface area contributed by atoms with Crippen LogP contribution in [0.25, 0.3) is 0 Å². The summed E-state index contributed by atoms with van der Waals surface area (Å²) in [6, 6.07) is 7.20. The Hall–Kier alpha value is -2.45. The predicted molar refractivity (Wildman–Crippen MR) is 123 cm³/mol. The van der Waals surface area contributed by atoms with Crippen molar-refractivity contribution < 1.29 is 19.0 Å². The monoisotopic (exact) mass is 458 g/mol. The number of aliphatic hydroxyl groups is 1. The van der Waals surface area contributed by atoms with Crippen molar-refractivity contribution in [2.24, 2.45) is 11.3 Å². The van der Waals surface area contributed by atoms with Crippen LogP contribution in [0.3, 0.4) is 0 Å². The largest absolute Gasteiger partial charge is 0.487 e. The Bertz CT molecular complexity index is 922. The molecule has 2 N–H and O–H groups in total. The van der Waals surface area contributed by atoms with Gasteiger partial charge in [-0.15, -0.1) is 0 Å². The van der Waals surface area contributed by atoms with Crippen molar-refractivity contribution in [3.05, 3.63) is 48.5 Å². The average molecular weight is 459 g/mol. The van der Waals surface area contributed by atoms with Gasteiger partial charge in [0.15, 0.2) is 0 Å². The van der Waals surface area contributed by atoms with Gasteiger partial charge >= 0.3 is 0 Å². The number of halogens is 1. The van der Waals surface area contributed by atoms with E-state index in [0.29, 0.717) is 18.1 Å². The Morgan fingerprint density at radius 1 is 1.27 bits per heavy atom. The summed E-state index contributed by atoms with van der Waals surface area (Å²) >= 11 is 0. The van der Waals surface area contributed by atoms with Crippen molar-refractivity contribution in [3.8, 4) is 5.75 Å². The first-order chi connectivity index (χ1) is 15.7. The van der Waals surface area contributed by atoms with E-state index in [4.69, 9.17) is 4.74 Å². The van der Waals surface area contributed by atoms with Gasteiger partial charge in [-0.2, -0.15) is 5.10 Å². The number of amides is 1. The molecule has 1 saturated heterocycles. The molecule has 1 aromatic heterocycles. The lowest BCUT2D eigenvalue weighted by Gasteiger charge is -2.43. The molecule has 180 valence electrons. The minimum atomic E-state index is -0.797. The lowest BCUT2D eigenvalue weighted by atomic mass is 9.75. The fourth-order valence-electron chi connectivity index (χ4n) is 5.29. The summed E-state index contributed by atoms with van der Waals surface area (Å²) in [5.74, 6) is 0.467. The van der Waals surface area contributed by atoms with Gasteiger partial charge in [0, 0.05) is 24.9 Å². The molecular formula is C25H35FN4O3. The van der Waals surface area contributed by atoms with Gasteiger partial charge in [0.05, 0.1) is 12.1 Å². The number of rotatable bonds is 6. The van der Waals surface area contributed by atoms with Crippen molar-refractivity contribution >= 4 is 5.91 Å². The molecule has 4 atom stereocenters. The quantitative estimate of drug-likeness (QED) is 0.696. The molecular weight excluding hydrogens is 423 g/mol. The molecule has 0 spiro atoms. The first-order valence-electron chi connectivity index (χ1n) is 11.8. The first kappa shape index (κ1) is 23.7. The van der Waals surface area contributed by atoms with E-state index in [0.717, 1.165) is 25.9 Å². The van der Waals surface area contributed by atoms with Crippen LogP contribution in [-0.2, 0) is 11.3 Å². The summed E-state index contributed by atoms with van der Waals surface area (Å²) in [5.41, 5.74) is 0.251. The lowest BCUT2D eigenvalue weighted by molar-refractivity contribution is -0.123. The Morgan fingerprint density at radius 2 is 2.03 bits per heavy atom. The molecule has 1 saturated carbocycles. The summed E-state index contributed by atoms with van der Waals surface area (Å²) < 4.78 is 21.2. The summed E-state index contributed by atoms with van der Waals surface area (Å²) in [6.45, 7) is 8.67. The molecule has 1 aromatic carbocycles. The highest BCUT2D eigenvalue weighted by atomic mass is 19.1. The summed E-state index contributed by atoms with van der Waals surface area (Å²) in [6.07, 6.45) is 4.60. The molecule has 1 aliphatic heterocycles. The Labute approximate surface area is 194 Å². The smallest absolute Gasteiger partial charge is 0.242 e. The number of piperidine rings is 1. The minimum absolute atomic E-state index is 0.119. The minimum Gasteiger partial charge on any atom is -0.487 e. The third kappa shape index (κ3) is 5.73. The molecule has 2 fully saturated rings. The standard InChI is InChI=1S/C25H35FN4O3/c1-25(2,3)17-8-12-29(13-9-17)23-20(28-22(31)16-30-11-5-10-27-30)15-21(24(23)32)33-19-7-4-6-18(26)14-19/h4-7,10-11,14,17,20-21,23-24,32H,8-9,12-13,15-16H2,1-3H3,(H,28,31)/t20-,21-,23+,24+/m1/s1. The van der Waals surface area contributed by atoms with Crippen molar-refractivity contribution in [2.75, 3.05) is 13.1 Å².